The fourth-order valence-electron chi connectivity index (χ4n) is 2.95. The second-order valence-electron chi connectivity index (χ2n) is 5.56. The van der Waals surface area contributed by atoms with Crippen molar-refractivity contribution in [3.63, 3.8) is 0 Å². The molecule has 1 aromatic carbocycles. The van der Waals surface area contributed by atoms with Crippen molar-refractivity contribution >= 4 is 27.5 Å². The Morgan fingerprint density at radius 3 is 2.73 bits per heavy atom. The molecule has 2 aromatic heterocycles. The molecule has 5 heteroatoms. The minimum absolute atomic E-state index is 0.00671. The number of carbonyl (C=O) groups is 1. The number of thiazole rings is 1. The molecule has 0 saturated carbocycles. The highest BCUT2D eigenvalue weighted by molar-refractivity contribution is 7.18. The second-order valence-corrected chi connectivity index (χ2v) is 6.63. The number of rotatable bonds is 2. The van der Waals surface area contributed by atoms with E-state index in [2.05, 4.69) is 18.2 Å². The molecule has 3 heterocycles. The summed E-state index contributed by atoms with van der Waals surface area (Å²) in [7, 11) is 0. The molecule has 0 radical (unpaired) electrons. The second kappa shape index (κ2) is 5.57. The molecule has 1 aliphatic heterocycles. The number of benzene rings is 1. The fraction of sp³-hybridized carbons (Fsp3) is 0.294. The Labute approximate surface area is 132 Å². The van der Waals surface area contributed by atoms with Gasteiger partial charge < -0.3 is 9.32 Å². The zero-order chi connectivity index (χ0) is 14.9. The Hall–Kier alpha value is -2.14. The highest BCUT2D eigenvalue weighted by Crippen LogP contribution is 2.34. The summed E-state index contributed by atoms with van der Waals surface area (Å²) >= 11 is 1.78. The van der Waals surface area contributed by atoms with Crippen LogP contribution in [0.1, 0.15) is 34.3 Å². The smallest absolute Gasteiger partial charge is 0.289 e. The summed E-state index contributed by atoms with van der Waals surface area (Å²) in [4.78, 5) is 18.9. The Morgan fingerprint density at radius 2 is 2.00 bits per heavy atom. The molecule has 0 bridgehead atoms. The summed E-state index contributed by atoms with van der Waals surface area (Å²) in [6.45, 7) is 1.53. The number of hydrogen-bond donors (Lipinski definition) is 0. The molecule has 1 fully saturated rings. The Balaban J connectivity index is 1.46. The number of piperidine rings is 1. The van der Waals surface area contributed by atoms with Crippen molar-refractivity contribution in [2.24, 2.45) is 0 Å². The predicted molar refractivity (Wildman–Crippen MR) is 86.2 cm³/mol. The maximum absolute atomic E-state index is 12.3. The third kappa shape index (κ3) is 2.41. The molecule has 4 nitrogen and oxygen atoms in total. The number of furan rings is 1. The van der Waals surface area contributed by atoms with Crippen LogP contribution in [0.15, 0.2) is 47.1 Å². The molecule has 1 saturated heterocycles. The standard InChI is InChI=1S/C17H16N2O2S/c20-17(14-5-3-11-21-14)19-9-7-12(8-10-19)16-18-13-4-1-2-6-15(13)22-16/h1-6,11-12H,7-10H2. The first kappa shape index (κ1) is 13.5. The van der Waals surface area contributed by atoms with Crippen molar-refractivity contribution in [3.05, 3.63) is 53.4 Å². The van der Waals surface area contributed by atoms with Crippen LogP contribution < -0.4 is 0 Å². The molecular formula is C17H16N2O2S. The van der Waals surface area contributed by atoms with Crippen molar-refractivity contribution in [3.8, 4) is 0 Å². The molecule has 22 heavy (non-hydrogen) atoms. The van der Waals surface area contributed by atoms with Gasteiger partial charge in [0.2, 0.25) is 0 Å². The van der Waals surface area contributed by atoms with E-state index in [-0.39, 0.29) is 5.91 Å². The molecule has 0 spiro atoms. The lowest BCUT2D eigenvalue weighted by molar-refractivity contribution is 0.0681. The first-order valence-electron chi connectivity index (χ1n) is 7.49. The van der Waals surface area contributed by atoms with Crippen LogP contribution in [0.5, 0.6) is 0 Å². The summed E-state index contributed by atoms with van der Waals surface area (Å²) in [6.07, 6.45) is 3.47. The van der Waals surface area contributed by atoms with Gasteiger partial charge >= 0.3 is 0 Å². The Morgan fingerprint density at radius 1 is 1.18 bits per heavy atom. The normalized spacial score (nSPS) is 16.3. The maximum atomic E-state index is 12.3. The van der Waals surface area contributed by atoms with Gasteiger partial charge in [0.25, 0.3) is 5.91 Å². The molecule has 4 rings (SSSR count). The van der Waals surface area contributed by atoms with Gasteiger partial charge in [-0.3, -0.25) is 4.79 Å². The number of para-hydroxylation sites is 1. The van der Waals surface area contributed by atoms with Crippen molar-refractivity contribution < 1.29 is 9.21 Å². The van der Waals surface area contributed by atoms with E-state index in [1.807, 2.05) is 11.0 Å². The molecule has 0 atom stereocenters. The van der Waals surface area contributed by atoms with Crippen LogP contribution in [0.3, 0.4) is 0 Å². The van der Waals surface area contributed by atoms with E-state index in [1.165, 1.54) is 9.71 Å². The minimum atomic E-state index is -0.00671. The molecule has 3 aromatic rings. The maximum Gasteiger partial charge on any atom is 0.289 e. The number of carbonyl (C=O) groups excluding carboxylic acids is 1. The molecule has 1 aliphatic rings. The zero-order valence-corrected chi connectivity index (χ0v) is 12.9. The number of nitrogens with zero attached hydrogens (tertiary/aromatic N) is 2. The molecular weight excluding hydrogens is 296 g/mol. The highest BCUT2D eigenvalue weighted by atomic mass is 32.1. The average Bonchev–Trinajstić information content (AvgIpc) is 3.23. The van der Waals surface area contributed by atoms with Gasteiger partial charge in [-0.05, 0) is 37.1 Å². The predicted octanol–water partition coefficient (Wildman–Crippen LogP) is 3.91. The molecule has 0 N–H and O–H groups in total. The average molecular weight is 312 g/mol. The summed E-state index contributed by atoms with van der Waals surface area (Å²) in [5.41, 5.74) is 1.08. The van der Waals surface area contributed by atoms with Crippen molar-refractivity contribution in [1.29, 1.82) is 0 Å². The number of aromatic nitrogens is 1. The fourth-order valence-corrected chi connectivity index (χ4v) is 4.09. The first-order chi connectivity index (χ1) is 10.8. The van der Waals surface area contributed by atoms with E-state index in [1.54, 1.807) is 29.7 Å². The van der Waals surface area contributed by atoms with Crippen LogP contribution in [0.25, 0.3) is 10.2 Å². The first-order valence-corrected chi connectivity index (χ1v) is 8.31. The van der Waals surface area contributed by atoms with Gasteiger partial charge in [-0.1, -0.05) is 12.1 Å². The SMILES string of the molecule is O=C(c1ccco1)N1CCC(c2nc3ccccc3s2)CC1. The number of likely N-dealkylation sites (tertiary alicyclic amines) is 1. The van der Waals surface area contributed by atoms with Crippen LogP contribution in [0.4, 0.5) is 0 Å². The van der Waals surface area contributed by atoms with Gasteiger partial charge in [0, 0.05) is 19.0 Å². The minimum Gasteiger partial charge on any atom is -0.459 e. The van der Waals surface area contributed by atoms with Gasteiger partial charge in [0.15, 0.2) is 5.76 Å². The molecule has 0 aliphatic carbocycles. The van der Waals surface area contributed by atoms with Crippen molar-refractivity contribution in [2.45, 2.75) is 18.8 Å². The number of fused-ring (bicyclic) bond motifs is 1. The lowest BCUT2D eigenvalue weighted by Crippen LogP contribution is -2.37. The van der Waals surface area contributed by atoms with Crippen LogP contribution in [-0.4, -0.2) is 28.9 Å². The largest absolute Gasteiger partial charge is 0.459 e. The number of amides is 1. The van der Waals surface area contributed by atoms with Crippen LogP contribution in [-0.2, 0) is 0 Å². The van der Waals surface area contributed by atoms with Crippen LogP contribution in [0.2, 0.25) is 0 Å². The van der Waals surface area contributed by atoms with Crippen LogP contribution >= 0.6 is 11.3 Å². The van der Waals surface area contributed by atoms with E-state index in [4.69, 9.17) is 9.40 Å². The third-order valence-electron chi connectivity index (χ3n) is 4.17. The van der Waals surface area contributed by atoms with Gasteiger partial charge in [-0.2, -0.15) is 0 Å². The molecule has 0 unspecified atom stereocenters. The van der Waals surface area contributed by atoms with Gasteiger partial charge in [-0.25, -0.2) is 4.98 Å². The topological polar surface area (TPSA) is 46.3 Å². The van der Waals surface area contributed by atoms with Crippen molar-refractivity contribution in [1.82, 2.24) is 9.88 Å². The quantitative estimate of drug-likeness (QED) is 0.721. The molecule has 112 valence electrons. The summed E-state index contributed by atoms with van der Waals surface area (Å²) in [5.74, 6) is 0.879. The van der Waals surface area contributed by atoms with E-state index in [9.17, 15) is 4.79 Å². The Kier molecular flexibility index (Phi) is 3.42. The molecule has 1 amide bonds. The van der Waals surface area contributed by atoms with Gasteiger partial charge in [0.1, 0.15) is 0 Å². The lowest BCUT2D eigenvalue weighted by Gasteiger charge is -2.30. The van der Waals surface area contributed by atoms with Gasteiger partial charge in [0.05, 0.1) is 21.5 Å². The van der Waals surface area contributed by atoms with E-state index in [0.717, 1.165) is 31.4 Å². The zero-order valence-electron chi connectivity index (χ0n) is 12.1. The summed E-state index contributed by atoms with van der Waals surface area (Å²) in [6, 6.07) is 11.7. The van der Waals surface area contributed by atoms with Gasteiger partial charge in [-0.15, -0.1) is 11.3 Å². The lowest BCUT2D eigenvalue weighted by atomic mass is 9.97. The monoisotopic (exact) mass is 312 g/mol. The number of hydrogen-bond acceptors (Lipinski definition) is 4. The Bertz CT molecular complexity index is 753. The van der Waals surface area contributed by atoms with Crippen LogP contribution in [0, 0.1) is 0 Å². The highest BCUT2D eigenvalue weighted by Gasteiger charge is 2.27. The van der Waals surface area contributed by atoms with E-state index >= 15 is 0 Å². The van der Waals surface area contributed by atoms with Crippen molar-refractivity contribution in [2.75, 3.05) is 13.1 Å². The summed E-state index contributed by atoms with van der Waals surface area (Å²) < 4.78 is 6.44. The van der Waals surface area contributed by atoms with E-state index in [0.29, 0.717) is 11.7 Å². The van der Waals surface area contributed by atoms with E-state index < -0.39 is 0 Å². The summed E-state index contributed by atoms with van der Waals surface area (Å²) in [5, 5.41) is 1.20. The third-order valence-corrected chi connectivity index (χ3v) is 5.37.